The van der Waals surface area contributed by atoms with E-state index in [0.29, 0.717) is 18.9 Å². The molecule has 0 unspecified atom stereocenters. The van der Waals surface area contributed by atoms with Crippen LogP contribution in [0.4, 0.5) is 0 Å². The number of para-hydroxylation sites is 1. The zero-order valence-corrected chi connectivity index (χ0v) is 15.1. The van der Waals surface area contributed by atoms with Gasteiger partial charge < -0.3 is 18.5 Å². The number of hydrogen-bond donors (Lipinski definition) is 0. The maximum Gasteiger partial charge on any atom is 0.291 e. The summed E-state index contributed by atoms with van der Waals surface area (Å²) in [5.41, 5.74) is 1.03. The number of aromatic nitrogens is 2. The fourth-order valence-corrected chi connectivity index (χ4v) is 3.49. The maximum absolute atomic E-state index is 12.7. The number of carbonyl (C=O) groups is 1. The van der Waals surface area contributed by atoms with Crippen LogP contribution in [0, 0.1) is 0 Å². The predicted octanol–water partition coefficient (Wildman–Crippen LogP) is 3.63. The molecule has 3 heterocycles. The lowest BCUT2D eigenvalue weighted by molar-refractivity contribution is 0.0538. The standard InChI is InChI=1S/C20H21N3O4/c1-25-17-8-3-2-6-14(17)10-15-11-22-19(27-15)16-7-4-5-9-23(16)20(24)18-12-21-13-26-18/h2-3,6,8,11-13,16H,4-5,7,9-10H2,1H3/t16-/m1/s1. The van der Waals surface area contributed by atoms with Gasteiger partial charge in [-0.3, -0.25) is 4.79 Å². The molecule has 1 saturated heterocycles. The number of ether oxygens (including phenoxy) is 1. The Balaban J connectivity index is 1.54. The van der Waals surface area contributed by atoms with E-state index in [9.17, 15) is 4.79 Å². The molecule has 0 bridgehead atoms. The summed E-state index contributed by atoms with van der Waals surface area (Å²) in [5, 5.41) is 0. The van der Waals surface area contributed by atoms with Crippen LogP contribution in [0.3, 0.4) is 0 Å². The van der Waals surface area contributed by atoms with Gasteiger partial charge in [0.2, 0.25) is 11.7 Å². The number of oxazole rings is 2. The van der Waals surface area contributed by atoms with E-state index >= 15 is 0 Å². The zero-order valence-electron chi connectivity index (χ0n) is 15.1. The molecule has 140 valence electrons. The SMILES string of the molecule is COc1ccccc1Cc1cnc([C@H]2CCCCN2C(=O)c2cnco2)o1. The van der Waals surface area contributed by atoms with Gasteiger partial charge in [0.15, 0.2) is 6.39 Å². The Bertz CT molecular complexity index is 904. The van der Waals surface area contributed by atoms with Crippen molar-refractivity contribution in [3.8, 4) is 5.75 Å². The Morgan fingerprint density at radius 2 is 2.19 bits per heavy atom. The van der Waals surface area contributed by atoms with Crippen molar-refractivity contribution >= 4 is 5.91 Å². The van der Waals surface area contributed by atoms with Crippen LogP contribution in [-0.4, -0.2) is 34.4 Å². The summed E-state index contributed by atoms with van der Waals surface area (Å²) in [6.07, 6.45) is 7.81. The second kappa shape index (κ2) is 7.65. The Morgan fingerprint density at radius 3 is 3.00 bits per heavy atom. The molecule has 0 saturated carbocycles. The topological polar surface area (TPSA) is 81.6 Å². The fourth-order valence-electron chi connectivity index (χ4n) is 3.49. The van der Waals surface area contributed by atoms with E-state index in [1.165, 1.54) is 12.6 Å². The number of amides is 1. The highest BCUT2D eigenvalue weighted by atomic mass is 16.5. The Kier molecular flexibility index (Phi) is 4.91. The molecule has 1 aliphatic rings. The number of benzene rings is 1. The summed E-state index contributed by atoms with van der Waals surface area (Å²) in [6.45, 7) is 0.647. The molecular weight excluding hydrogens is 346 g/mol. The summed E-state index contributed by atoms with van der Waals surface area (Å²) in [6, 6.07) is 7.63. The number of rotatable bonds is 5. The van der Waals surface area contributed by atoms with Gasteiger partial charge in [0, 0.05) is 18.5 Å². The van der Waals surface area contributed by atoms with Crippen molar-refractivity contribution in [3.63, 3.8) is 0 Å². The first-order chi connectivity index (χ1) is 13.3. The monoisotopic (exact) mass is 367 g/mol. The molecule has 1 atom stereocenters. The van der Waals surface area contributed by atoms with Gasteiger partial charge in [0.05, 0.1) is 19.5 Å². The molecule has 1 fully saturated rings. The van der Waals surface area contributed by atoms with Crippen LogP contribution in [-0.2, 0) is 6.42 Å². The minimum absolute atomic E-state index is 0.179. The largest absolute Gasteiger partial charge is 0.496 e. The average Bonchev–Trinajstić information content (AvgIpc) is 3.40. The normalized spacial score (nSPS) is 17.1. The van der Waals surface area contributed by atoms with Crippen molar-refractivity contribution in [2.45, 2.75) is 31.7 Å². The number of piperidine rings is 1. The van der Waals surface area contributed by atoms with Crippen LogP contribution in [0.25, 0.3) is 0 Å². The van der Waals surface area contributed by atoms with Crippen LogP contribution in [0.2, 0.25) is 0 Å². The Labute approximate surface area is 157 Å². The van der Waals surface area contributed by atoms with Crippen LogP contribution < -0.4 is 4.74 Å². The molecule has 4 rings (SSSR count). The molecule has 27 heavy (non-hydrogen) atoms. The molecular formula is C20H21N3O4. The molecule has 0 N–H and O–H groups in total. The van der Waals surface area contributed by atoms with E-state index in [2.05, 4.69) is 9.97 Å². The molecule has 7 nitrogen and oxygen atoms in total. The molecule has 1 amide bonds. The second-order valence-corrected chi connectivity index (χ2v) is 6.53. The highest BCUT2D eigenvalue weighted by molar-refractivity contribution is 5.91. The first kappa shape index (κ1) is 17.3. The highest BCUT2D eigenvalue weighted by Gasteiger charge is 2.33. The third-order valence-corrected chi connectivity index (χ3v) is 4.82. The fraction of sp³-hybridized carbons (Fsp3) is 0.350. The van der Waals surface area contributed by atoms with Crippen molar-refractivity contribution in [2.75, 3.05) is 13.7 Å². The summed E-state index contributed by atoms with van der Waals surface area (Å²) in [5.74, 6) is 2.18. The van der Waals surface area contributed by atoms with Crippen LogP contribution in [0.15, 0.2) is 51.9 Å². The van der Waals surface area contributed by atoms with Gasteiger partial charge in [-0.2, -0.15) is 0 Å². The number of methoxy groups -OCH3 is 1. The first-order valence-corrected chi connectivity index (χ1v) is 9.02. The predicted molar refractivity (Wildman–Crippen MR) is 96.4 cm³/mol. The van der Waals surface area contributed by atoms with Crippen LogP contribution in [0.1, 0.15) is 53.1 Å². The van der Waals surface area contributed by atoms with E-state index in [0.717, 1.165) is 36.3 Å². The second-order valence-electron chi connectivity index (χ2n) is 6.53. The van der Waals surface area contributed by atoms with Gasteiger partial charge in [0.25, 0.3) is 5.91 Å². The summed E-state index contributed by atoms with van der Waals surface area (Å²) < 4.78 is 16.6. The van der Waals surface area contributed by atoms with E-state index in [4.69, 9.17) is 13.6 Å². The van der Waals surface area contributed by atoms with Crippen molar-refractivity contribution in [2.24, 2.45) is 0 Å². The summed E-state index contributed by atoms with van der Waals surface area (Å²) in [4.78, 5) is 22.8. The van der Waals surface area contributed by atoms with Gasteiger partial charge in [-0.15, -0.1) is 0 Å². The van der Waals surface area contributed by atoms with E-state index < -0.39 is 0 Å². The number of hydrogen-bond acceptors (Lipinski definition) is 6. The molecule has 0 aliphatic carbocycles. The highest BCUT2D eigenvalue weighted by Crippen LogP contribution is 2.32. The molecule has 7 heteroatoms. The van der Waals surface area contributed by atoms with Crippen LogP contribution in [0.5, 0.6) is 5.75 Å². The maximum atomic E-state index is 12.7. The minimum Gasteiger partial charge on any atom is -0.496 e. The van der Waals surface area contributed by atoms with Gasteiger partial charge >= 0.3 is 0 Å². The third kappa shape index (κ3) is 3.58. The van der Waals surface area contributed by atoms with Crippen molar-refractivity contribution in [1.82, 2.24) is 14.9 Å². The van der Waals surface area contributed by atoms with Gasteiger partial charge in [-0.25, -0.2) is 9.97 Å². The van der Waals surface area contributed by atoms with E-state index in [1.807, 2.05) is 24.3 Å². The minimum atomic E-state index is -0.192. The first-order valence-electron chi connectivity index (χ1n) is 9.02. The number of carbonyl (C=O) groups excluding carboxylic acids is 1. The number of nitrogens with zero attached hydrogens (tertiary/aromatic N) is 3. The van der Waals surface area contributed by atoms with Crippen LogP contribution >= 0.6 is 0 Å². The lowest BCUT2D eigenvalue weighted by atomic mass is 10.0. The molecule has 1 aliphatic heterocycles. The summed E-state index contributed by atoms with van der Waals surface area (Å²) >= 11 is 0. The van der Waals surface area contributed by atoms with E-state index in [1.54, 1.807) is 18.2 Å². The molecule has 0 spiro atoms. The number of likely N-dealkylation sites (tertiary alicyclic amines) is 1. The molecule has 2 aromatic heterocycles. The zero-order chi connectivity index (χ0) is 18.6. The van der Waals surface area contributed by atoms with Gasteiger partial charge in [0.1, 0.15) is 17.6 Å². The summed E-state index contributed by atoms with van der Waals surface area (Å²) in [7, 11) is 1.65. The van der Waals surface area contributed by atoms with E-state index in [-0.39, 0.29) is 17.7 Å². The van der Waals surface area contributed by atoms with Crippen molar-refractivity contribution in [3.05, 3.63) is 66.0 Å². The lowest BCUT2D eigenvalue weighted by Gasteiger charge is -2.33. The smallest absolute Gasteiger partial charge is 0.291 e. The Morgan fingerprint density at radius 1 is 1.30 bits per heavy atom. The average molecular weight is 367 g/mol. The van der Waals surface area contributed by atoms with Gasteiger partial charge in [-0.05, 0) is 25.3 Å². The molecule has 0 radical (unpaired) electrons. The van der Waals surface area contributed by atoms with Gasteiger partial charge in [-0.1, -0.05) is 18.2 Å². The quantitative estimate of drug-likeness (QED) is 0.685. The van der Waals surface area contributed by atoms with Crippen molar-refractivity contribution < 1.29 is 18.4 Å². The van der Waals surface area contributed by atoms with Crippen molar-refractivity contribution in [1.29, 1.82) is 0 Å². The molecule has 3 aromatic rings. The lowest BCUT2D eigenvalue weighted by Crippen LogP contribution is -2.38. The molecule has 1 aromatic carbocycles. The Hall–Kier alpha value is -3.09. The third-order valence-electron chi connectivity index (χ3n) is 4.82.